The number of benzene rings is 3. The van der Waals surface area contributed by atoms with E-state index in [1.54, 1.807) is 54.6 Å². The van der Waals surface area contributed by atoms with Crippen LogP contribution >= 0.6 is 0 Å². The van der Waals surface area contributed by atoms with Crippen molar-refractivity contribution < 1.29 is 27.4 Å². The standard InChI is InChI=1S/C27H19FO7/c1-31-22-10-9-18-19(13-24(29)35-25(18)26(22)32-2)20-11-15-7-8-17(12-23(15)34-27(20)30)33-14-16-5-3-4-6-21(16)28/h3-13H,14H2,1-2H3. The summed E-state index contributed by atoms with van der Waals surface area (Å²) >= 11 is 0. The smallest absolute Gasteiger partial charge is 0.344 e. The van der Waals surface area contributed by atoms with E-state index in [0.29, 0.717) is 33.4 Å². The van der Waals surface area contributed by atoms with Gasteiger partial charge in [0, 0.05) is 34.0 Å². The van der Waals surface area contributed by atoms with Gasteiger partial charge in [0.2, 0.25) is 5.75 Å². The Bertz CT molecular complexity index is 1680. The summed E-state index contributed by atoms with van der Waals surface area (Å²) in [5.74, 6) is 0.678. The van der Waals surface area contributed by atoms with Gasteiger partial charge in [-0.15, -0.1) is 0 Å². The van der Waals surface area contributed by atoms with Gasteiger partial charge in [-0.25, -0.2) is 14.0 Å². The van der Waals surface area contributed by atoms with Gasteiger partial charge in [-0.1, -0.05) is 18.2 Å². The van der Waals surface area contributed by atoms with E-state index >= 15 is 0 Å². The fourth-order valence-corrected chi connectivity index (χ4v) is 3.91. The fourth-order valence-electron chi connectivity index (χ4n) is 3.91. The summed E-state index contributed by atoms with van der Waals surface area (Å²) in [6.07, 6.45) is 0. The largest absolute Gasteiger partial charge is 0.493 e. The Morgan fingerprint density at radius 1 is 0.857 bits per heavy atom. The van der Waals surface area contributed by atoms with Gasteiger partial charge in [0.05, 0.1) is 19.8 Å². The number of halogens is 1. The van der Waals surface area contributed by atoms with Gasteiger partial charge in [-0.3, -0.25) is 0 Å². The summed E-state index contributed by atoms with van der Waals surface area (Å²) in [5.41, 5.74) is 0.0737. The molecule has 0 amide bonds. The van der Waals surface area contributed by atoms with Gasteiger partial charge in [-0.05, 0) is 36.4 Å². The maximum absolute atomic E-state index is 13.8. The number of fused-ring (bicyclic) bond motifs is 2. The first-order chi connectivity index (χ1) is 17.0. The Hall–Kier alpha value is -4.59. The number of rotatable bonds is 6. The van der Waals surface area contributed by atoms with Crippen molar-refractivity contribution in [3.63, 3.8) is 0 Å². The molecule has 35 heavy (non-hydrogen) atoms. The Morgan fingerprint density at radius 2 is 1.69 bits per heavy atom. The third kappa shape index (κ3) is 4.10. The van der Waals surface area contributed by atoms with E-state index in [4.69, 9.17) is 23.0 Å². The minimum absolute atomic E-state index is 0.0254. The first-order valence-corrected chi connectivity index (χ1v) is 10.6. The SMILES string of the molecule is COc1ccc2c(-c3cc4ccc(OCc5ccccc5F)cc4oc3=O)cc(=O)oc2c1OC. The highest BCUT2D eigenvalue weighted by Crippen LogP contribution is 2.38. The van der Waals surface area contributed by atoms with Crippen molar-refractivity contribution in [2.75, 3.05) is 14.2 Å². The van der Waals surface area contributed by atoms with E-state index in [-0.39, 0.29) is 34.9 Å². The molecule has 0 N–H and O–H groups in total. The van der Waals surface area contributed by atoms with Crippen LogP contribution in [0.1, 0.15) is 5.56 Å². The van der Waals surface area contributed by atoms with E-state index in [9.17, 15) is 14.0 Å². The van der Waals surface area contributed by atoms with Crippen molar-refractivity contribution >= 4 is 21.9 Å². The molecule has 0 fully saturated rings. The minimum atomic E-state index is -0.657. The molecule has 0 aliphatic carbocycles. The molecule has 2 aromatic heterocycles. The molecule has 0 saturated carbocycles. The first-order valence-electron chi connectivity index (χ1n) is 10.6. The summed E-state index contributed by atoms with van der Waals surface area (Å²) in [5, 5.41) is 1.10. The second kappa shape index (κ2) is 8.98. The molecule has 8 heteroatoms. The van der Waals surface area contributed by atoms with Crippen molar-refractivity contribution in [3.05, 3.63) is 99.0 Å². The number of hydrogen-bond acceptors (Lipinski definition) is 7. The molecule has 176 valence electrons. The third-order valence-corrected chi connectivity index (χ3v) is 5.60. The van der Waals surface area contributed by atoms with E-state index in [2.05, 4.69) is 0 Å². The van der Waals surface area contributed by atoms with Crippen LogP contribution in [0.3, 0.4) is 0 Å². The van der Waals surface area contributed by atoms with Crippen molar-refractivity contribution in [2.45, 2.75) is 6.61 Å². The first kappa shape index (κ1) is 22.2. The van der Waals surface area contributed by atoms with Gasteiger partial charge >= 0.3 is 11.3 Å². The predicted molar refractivity (Wildman–Crippen MR) is 128 cm³/mol. The molecule has 5 rings (SSSR count). The molecule has 0 saturated heterocycles. The Morgan fingerprint density at radius 3 is 2.46 bits per heavy atom. The lowest BCUT2D eigenvalue weighted by molar-refractivity contribution is 0.300. The van der Waals surface area contributed by atoms with Crippen molar-refractivity contribution in [1.82, 2.24) is 0 Å². The van der Waals surface area contributed by atoms with Crippen LogP contribution < -0.4 is 25.5 Å². The van der Waals surface area contributed by atoms with Gasteiger partial charge < -0.3 is 23.0 Å². The molecule has 2 heterocycles. The van der Waals surface area contributed by atoms with Gasteiger partial charge in [0.25, 0.3) is 0 Å². The van der Waals surface area contributed by atoms with Crippen LogP contribution in [0.25, 0.3) is 33.1 Å². The van der Waals surface area contributed by atoms with Crippen molar-refractivity contribution in [1.29, 1.82) is 0 Å². The van der Waals surface area contributed by atoms with Gasteiger partial charge in [-0.2, -0.15) is 0 Å². The minimum Gasteiger partial charge on any atom is -0.493 e. The monoisotopic (exact) mass is 474 g/mol. The Labute approximate surface area is 197 Å². The van der Waals surface area contributed by atoms with Crippen LogP contribution in [0.4, 0.5) is 4.39 Å². The van der Waals surface area contributed by atoms with Gasteiger partial charge in [0.15, 0.2) is 11.3 Å². The van der Waals surface area contributed by atoms with Crippen LogP contribution in [0, 0.1) is 5.82 Å². The second-order valence-corrected chi connectivity index (χ2v) is 7.68. The van der Waals surface area contributed by atoms with E-state index in [0.717, 1.165) is 0 Å². The molecule has 0 bridgehead atoms. The summed E-state index contributed by atoms with van der Waals surface area (Å²) in [4.78, 5) is 25.3. The molecule has 0 atom stereocenters. The zero-order valence-electron chi connectivity index (χ0n) is 18.8. The molecule has 0 spiro atoms. The highest BCUT2D eigenvalue weighted by molar-refractivity contribution is 5.98. The highest BCUT2D eigenvalue weighted by Gasteiger charge is 2.19. The van der Waals surface area contributed by atoms with Crippen molar-refractivity contribution in [2.24, 2.45) is 0 Å². The molecule has 3 aromatic carbocycles. The van der Waals surface area contributed by atoms with Crippen molar-refractivity contribution in [3.8, 4) is 28.4 Å². The average molecular weight is 474 g/mol. The zero-order valence-corrected chi connectivity index (χ0v) is 18.8. The fraction of sp³-hybridized carbons (Fsp3) is 0.111. The second-order valence-electron chi connectivity index (χ2n) is 7.68. The van der Waals surface area contributed by atoms with Crippen LogP contribution in [-0.4, -0.2) is 14.2 Å². The molecule has 0 unspecified atom stereocenters. The lowest BCUT2D eigenvalue weighted by Crippen LogP contribution is -2.07. The predicted octanol–water partition coefficient (Wildman–Crippen LogP) is 5.30. The zero-order chi connectivity index (χ0) is 24.5. The summed E-state index contributed by atoms with van der Waals surface area (Å²) in [7, 11) is 2.90. The molecular formula is C27H19FO7. The maximum atomic E-state index is 13.8. The van der Waals surface area contributed by atoms with Gasteiger partial charge in [0.1, 0.15) is 23.8 Å². The number of hydrogen-bond donors (Lipinski definition) is 0. The quantitative estimate of drug-likeness (QED) is 0.309. The van der Waals surface area contributed by atoms with Crippen LogP contribution in [0.5, 0.6) is 17.2 Å². The molecule has 0 radical (unpaired) electrons. The topological polar surface area (TPSA) is 88.1 Å². The summed E-state index contributed by atoms with van der Waals surface area (Å²) in [6.45, 7) is 0.0254. The molecular weight excluding hydrogens is 455 g/mol. The van der Waals surface area contributed by atoms with Crippen LogP contribution in [0.2, 0.25) is 0 Å². The number of ether oxygens (including phenoxy) is 3. The molecule has 5 aromatic rings. The number of methoxy groups -OCH3 is 2. The normalized spacial score (nSPS) is 11.1. The Balaban J connectivity index is 1.57. The van der Waals surface area contributed by atoms with Crippen LogP contribution in [-0.2, 0) is 6.61 Å². The molecule has 0 aliphatic heterocycles. The third-order valence-electron chi connectivity index (χ3n) is 5.60. The molecule has 7 nitrogen and oxygen atoms in total. The Kier molecular flexibility index (Phi) is 5.70. The lowest BCUT2D eigenvalue weighted by Gasteiger charge is -2.12. The lowest BCUT2D eigenvalue weighted by atomic mass is 10.0. The van der Waals surface area contributed by atoms with Crippen LogP contribution in [0.15, 0.2) is 85.2 Å². The summed E-state index contributed by atoms with van der Waals surface area (Å²) in [6, 6.07) is 17.5. The maximum Gasteiger partial charge on any atom is 0.344 e. The van der Waals surface area contributed by atoms with E-state index in [1.807, 2.05) is 0 Å². The average Bonchev–Trinajstić information content (AvgIpc) is 2.86. The highest BCUT2D eigenvalue weighted by atomic mass is 19.1. The summed E-state index contributed by atoms with van der Waals surface area (Å²) < 4.78 is 41.1. The van der Waals surface area contributed by atoms with E-state index < -0.39 is 11.3 Å². The molecule has 0 aliphatic rings. The van der Waals surface area contributed by atoms with E-state index in [1.165, 1.54) is 26.4 Å².